The lowest BCUT2D eigenvalue weighted by molar-refractivity contribution is -0.123. The summed E-state index contributed by atoms with van der Waals surface area (Å²) in [6, 6.07) is 4.44. The van der Waals surface area contributed by atoms with E-state index in [1.165, 1.54) is 12.1 Å². The maximum Gasteiger partial charge on any atom is 0.238 e. The number of hydrogen-bond donors (Lipinski definition) is 1. The molecule has 1 aromatic carbocycles. The molecule has 7 heteroatoms. The van der Waals surface area contributed by atoms with Crippen molar-refractivity contribution in [3.63, 3.8) is 0 Å². The molecule has 22 heavy (non-hydrogen) atoms. The highest BCUT2D eigenvalue weighted by molar-refractivity contribution is 9.12. The van der Waals surface area contributed by atoms with Crippen LogP contribution in [-0.4, -0.2) is 26.6 Å². The Morgan fingerprint density at radius 1 is 1.09 bits per heavy atom. The molecule has 3 aliphatic rings. The van der Waals surface area contributed by atoms with Crippen LogP contribution >= 0.6 is 43.5 Å². The quantitative estimate of drug-likeness (QED) is 0.529. The number of fused-ring (bicyclic) bond motifs is 5. The number of carbonyl (C=O) groups excluding carboxylic acids is 2. The van der Waals surface area contributed by atoms with E-state index in [1.807, 2.05) is 0 Å². The van der Waals surface area contributed by atoms with Gasteiger partial charge in [-0.1, -0.05) is 43.5 Å². The molecule has 1 aliphatic heterocycles. The molecule has 4 nitrogen and oxygen atoms in total. The van der Waals surface area contributed by atoms with Crippen LogP contribution in [0.15, 0.2) is 18.2 Å². The minimum Gasteiger partial charge on any atom is -0.506 e. The lowest BCUT2D eigenvalue weighted by Crippen LogP contribution is -2.37. The van der Waals surface area contributed by atoms with Gasteiger partial charge in [0.05, 0.1) is 17.5 Å². The fourth-order valence-corrected chi connectivity index (χ4v) is 6.31. The molecule has 4 rings (SSSR count). The van der Waals surface area contributed by atoms with Crippen molar-refractivity contribution in [3.05, 3.63) is 23.2 Å². The van der Waals surface area contributed by atoms with Crippen molar-refractivity contribution >= 4 is 61.0 Å². The van der Waals surface area contributed by atoms with E-state index < -0.39 is 0 Å². The smallest absolute Gasteiger partial charge is 0.238 e. The van der Waals surface area contributed by atoms with Crippen molar-refractivity contribution in [2.45, 2.75) is 16.1 Å². The van der Waals surface area contributed by atoms with E-state index in [4.69, 9.17) is 11.6 Å². The second-order valence-corrected chi connectivity index (χ2v) is 8.70. The summed E-state index contributed by atoms with van der Waals surface area (Å²) < 4.78 is 0. The average molecular weight is 450 g/mol. The van der Waals surface area contributed by atoms with Gasteiger partial charge in [0.1, 0.15) is 5.75 Å². The third-order valence-corrected chi connectivity index (χ3v) is 8.61. The third kappa shape index (κ3) is 1.80. The SMILES string of the molecule is O=C1C2C3CC(C(Br)C3Br)C2C(=O)N1c1ccc(Cl)cc1O. The Morgan fingerprint density at radius 2 is 1.64 bits per heavy atom. The van der Waals surface area contributed by atoms with Gasteiger partial charge in [0.25, 0.3) is 0 Å². The Labute approximate surface area is 149 Å². The van der Waals surface area contributed by atoms with Gasteiger partial charge in [-0.05, 0) is 30.4 Å². The number of rotatable bonds is 1. The number of hydrogen-bond acceptors (Lipinski definition) is 3. The number of nitrogens with zero attached hydrogens (tertiary/aromatic N) is 1. The zero-order valence-electron chi connectivity index (χ0n) is 11.2. The van der Waals surface area contributed by atoms with E-state index in [0.29, 0.717) is 5.02 Å². The third-order valence-electron chi connectivity index (χ3n) is 5.17. The first-order chi connectivity index (χ1) is 10.4. The number of alkyl halides is 2. The van der Waals surface area contributed by atoms with E-state index in [9.17, 15) is 14.7 Å². The summed E-state index contributed by atoms with van der Waals surface area (Å²) in [5, 5.41) is 10.4. The van der Waals surface area contributed by atoms with Gasteiger partial charge in [0.2, 0.25) is 11.8 Å². The van der Waals surface area contributed by atoms with Crippen LogP contribution in [0.25, 0.3) is 0 Å². The summed E-state index contributed by atoms with van der Waals surface area (Å²) in [5.41, 5.74) is 0.227. The van der Waals surface area contributed by atoms with Gasteiger partial charge in [-0.15, -0.1) is 0 Å². The molecule has 6 atom stereocenters. The Morgan fingerprint density at radius 3 is 2.14 bits per heavy atom. The molecule has 2 amide bonds. The van der Waals surface area contributed by atoms with Gasteiger partial charge >= 0.3 is 0 Å². The molecule has 6 unspecified atom stereocenters. The maximum absolute atomic E-state index is 12.8. The van der Waals surface area contributed by atoms with E-state index in [1.54, 1.807) is 6.07 Å². The van der Waals surface area contributed by atoms with Crippen molar-refractivity contribution in [2.75, 3.05) is 4.90 Å². The standard InChI is InChI=1S/C15H12Br2ClNO3/c16-12-6-4-7(13(12)17)11-10(6)14(21)19(15(11)22)8-2-1-5(18)3-9(8)20/h1-3,6-7,10-13,20H,4H2. The summed E-state index contributed by atoms with van der Waals surface area (Å²) in [7, 11) is 0. The van der Waals surface area contributed by atoms with Crippen LogP contribution in [0.2, 0.25) is 5.02 Å². The van der Waals surface area contributed by atoms with Crippen molar-refractivity contribution in [3.8, 4) is 5.75 Å². The van der Waals surface area contributed by atoms with E-state index in [-0.39, 0.29) is 56.6 Å². The van der Waals surface area contributed by atoms with Crippen LogP contribution in [0.3, 0.4) is 0 Å². The predicted molar refractivity (Wildman–Crippen MR) is 89.6 cm³/mol. The topological polar surface area (TPSA) is 57.6 Å². The van der Waals surface area contributed by atoms with Gasteiger partial charge < -0.3 is 5.11 Å². The zero-order valence-corrected chi connectivity index (χ0v) is 15.2. The van der Waals surface area contributed by atoms with Gasteiger partial charge in [0, 0.05) is 20.7 Å². The number of amides is 2. The van der Waals surface area contributed by atoms with Crippen LogP contribution in [0.1, 0.15) is 6.42 Å². The van der Waals surface area contributed by atoms with E-state index in [0.717, 1.165) is 11.3 Å². The first-order valence-electron chi connectivity index (χ1n) is 7.06. The summed E-state index contributed by atoms with van der Waals surface area (Å²) >= 11 is 13.1. The fraction of sp³-hybridized carbons (Fsp3) is 0.467. The Hall–Kier alpha value is -0.590. The molecule has 1 heterocycles. The molecule has 2 aliphatic carbocycles. The van der Waals surface area contributed by atoms with Crippen molar-refractivity contribution < 1.29 is 14.7 Å². The van der Waals surface area contributed by atoms with Crippen molar-refractivity contribution in [2.24, 2.45) is 23.7 Å². The number of imide groups is 1. The zero-order chi connectivity index (χ0) is 15.8. The Bertz CT molecular complexity index is 665. The minimum atomic E-state index is -0.286. The lowest BCUT2D eigenvalue weighted by atomic mass is 9.81. The summed E-state index contributed by atoms with van der Waals surface area (Å²) in [5.74, 6) is -0.803. The molecule has 0 radical (unpaired) electrons. The highest BCUT2D eigenvalue weighted by Gasteiger charge is 2.66. The van der Waals surface area contributed by atoms with Crippen LogP contribution in [0, 0.1) is 23.7 Å². The molecule has 1 aromatic rings. The normalized spacial score (nSPS) is 39.7. The van der Waals surface area contributed by atoms with Gasteiger partial charge in [-0.2, -0.15) is 0 Å². The first-order valence-corrected chi connectivity index (χ1v) is 9.27. The van der Waals surface area contributed by atoms with Gasteiger partial charge in [-0.3, -0.25) is 9.59 Å². The fourth-order valence-electron chi connectivity index (χ4n) is 4.27. The molecule has 116 valence electrons. The molecule has 2 saturated carbocycles. The second-order valence-electron chi connectivity index (χ2n) is 6.15. The minimum absolute atomic E-state index is 0.146. The molecule has 3 fully saturated rings. The molecule has 0 aromatic heterocycles. The number of halogens is 3. The number of phenolic OH excluding ortho intramolecular Hbond substituents is 1. The highest BCUT2D eigenvalue weighted by Crippen LogP contribution is 2.60. The van der Waals surface area contributed by atoms with Crippen LogP contribution < -0.4 is 4.90 Å². The van der Waals surface area contributed by atoms with Crippen LogP contribution in [0.5, 0.6) is 5.75 Å². The van der Waals surface area contributed by atoms with Gasteiger partial charge in [-0.25, -0.2) is 4.90 Å². The maximum atomic E-state index is 12.8. The molecule has 1 N–H and O–H groups in total. The number of carbonyl (C=O) groups is 2. The Kier molecular flexibility index (Phi) is 3.37. The van der Waals surface area contributed by atoms with Crippen LogP contribution in [0.4, 0.5) is 5.69 Å². The van der Waals surface area contributed by atoms with E-state index >= 15 is 0 Å². The number of anilines is 1. The number of benzene rings is 1. The molecular formula is C15H12Br2ClNO3. The Balaban J connectivity index is 1.76. The second kappa shape index (κ2) is 4.95. The number of aromatic hydroxyl groups is 1. The van der Waals surface area contributed by atoms with Crippen LogP contribution in [-0.2, 0) is 9.59 Å². The lowest BCUT2D eigenvalue weighted by Gasteiger charge is -2.28. The first kappa shape index (κ1) is 15.0. The number of phenols is 1. The summed E-state index contributed by atoms with van der Waals surface area (Å²) in [6.07, 6.45) is 0.888. The summed E-state index contributed by atoms with van der Waals surface area (Å²) in [6.45, 7) is 0. The molecule has 2 bridgehead atoms. The van der Waals surface area contributed by atoms with Crippen molar-refractivity contribution in [1.82, 2.24) is 0 Å². The average Bonchev–Trinajstić information content (AvgIpc) is 3.06. The molecule has 0 spiro atoms. The largest absolute Gasteiger partial charge is 0.506 e. The monoisotopic (exact) mass is 447 g/mol. The summed E-state index contributed by atoms with van der Waals surface area (Å²) in [4.78, 5) is 27.2. The van der Waals surface area contributed by atoms with Crippen molar-refractivity contribution in [1.29, 1.82) is 0 Å². The van der Waals surface area contributed by atoms with Gasteiger partial charge in [0.15, 0.2) is 0 Å². The molecular weight excluding hydrogens is 437 g/mol. The van der Waals surface area contributed by atoms with E-state index in [2.05, 4.69) is 31.9 Å². The predicted octanol–water partition coefficient (Wildman–Crippen LogP) is 3.33. The highest BCUT2D eigenvalue weighted by atomic mass is 79.9. The molecule has 1 saturated heterocycles.